The summed E-state index contributed by atoms with van der Waals surface area (Å²) in [6, 6.07) is 0.482. The Bertz CT molecular complexity index is 249. The van der Waals surface area contributed by atoms with Crippen molar-refractivity contribution in [2.75, 3.05) is 20.2 Å². The average molecular weight is 241 g/mol. The molecule has 0 aromatic carbocycles. The lowest BCUT2D eigenvalue weighted by Crippen LogP contribution is -2.50. The highest BCUT2D eigenvalue weighted by atomic mass is 16.5. The van der Waals surface area contributed by atoms with Crippen LogP contribution in [0.1, 0.15) is 46.0 Å². The largest absolute Gasteiger partial charge is 0.393 e. The van der Waals surface area contributed by atoms with Gasteiger partial charge in [-0.25, -0.2) is 0 Å². The molecule has 1 aliphatic heterocycles. The fourth-order valence-corrected chi connectivity index (χ4v) is 3.41. The summed E-state index contributed by atoms with van der Waals surface area (Å²) in [5, 5.41) is 9.86. The van der Waals surface area contributed by atoms with Gasteiger partial charge >= 0.3 is 0 Å². The van der Waals surface area contributed by atoms with Gasteiger partial charge in [0, 0.05) is 19.2 Å². The maximum atomic E-state index is 9.86. The van der Waals surface area contributed by atoms with Crippen LogP contribution >= 0.6 is 0 Å². The van der Waals surface area contributed by atoms with Crippen LogP contribution in [-0.2, 0) is 4.74 Å². The molecule has 100 valence electrons. The van der Waals surface area contributed by atoms with Gasteiger partial charge in [-0.05, 0) is 44.6 Å². The third-order valence-corrected chi connectivity index (χ3v) is 4.57. The molecular formula is C14H27NO2. The van der Waals surface area contributed by atoms with Crippen LogP contribution < -0.4 is 0 Å². The van der Waals surface area contributed by atoms with Crippen molar-refractivity contribution < 1.29 is 9.84 Å². The quantitative estimate of drug-likeness (QED) is 0.820. The summed E-state index contributed by atoms with van der Waals surface area (Å²) in [5.41, 5.74) is 0.312. The number of aliphatic hydroxyl groups excluding tert-OH is 1. The second-order valence-electron chi connectivity index (χ2n) is 6.51. The van der Waals surface area contributed by atoms with Gasteiger partial charge in [-0.1, -0.05) is 13.8 Å². The Kier molecular flexibility index (Phi) is 4.11. The summed E-state index contributed by atoms with van der Waals surface area (Å²) in [6.07, 6.45) is 5.69. The molecular weight excluding hydrogens is 214 g/mol. The lowest BCUT2D eigenvalue weighted by molar-refractivity contribution is -0.0201. The summed E-state index contributed by atoms with van der Waals surface area (Å²) in [4.78, 5) is 2.42. The molecule has 0 spiro atoms. The number of rotatable bonds is 3. The molecule has 1 saturated heterocycles. The molecule has 3 nitrogen and oxygen atoms in total. The molecule has 2 aliphatic rings. The monoisotopic (exact) mass is 241 g/mol. The third-order valence-electron chi connectivity index (χ3n) is 4.57. The molecule has 17 heavy (non-hydrogen) atoms. The Morgan fingerprint density at radius 3 is 2.76 bits per heavy atom. The van der Waals surface area contributed by atoms with Crippen molar-refractivity contribution in [2.45, 2.75) is 64.2 Å². The molecule has 1 N–H and O–H groups in total. The van der Waals surface area contributed by atoms with Crippen molar-refractivity contribution in [3.63, 3.8) is 0 Å². The topological polar surface area (TPSA) is 32.7 Å². The van der Waals surface area contributed by atoms with Gasteiger partial charge in [0.05, 0.1) is 12.2 Å². The first-order valence-electron chi connectivity index (χ1n) is 6.99. The Morgan fingerprint density at radius 1 is 1.35 bits per heavy atom. The van der Waals surface area contributed by atoms with Crippen molar-refractivity contribution in [1.82, 2.24) is 4.90 Å². The summed E-state index contributed by atoms with van der Waals surface area (Å²) >= 11 is 0. The first-order chi connectivity index (χ1) is 7.99. The van der Waals surface area contributed by atoms with E-state index in [0.29, 0.717) is 17.6 Å². The number of hydrogen-bond acceptors (Lipinski definition) is 3. The minimum Gasteiger partial charge on any atom is -0.393 e. The summed E-state index contributed by atoms with van der Waals surface area (Å²) in [7, 11) is 2.19. The third kappa shape index (κ3) is 3.21. The molecule has 3 atom stereocenters. The Labute approximate surface area is 105 Å². The molecule has 3 unspecified atom stereocenters. The van der Waals surface area contributed by atoms with Crippen LogP contribution in [0.25, 0.3) is 0 Å². The number of hydrogen-bond donors (Lipinski definition) is 1. The van der Waals surface area contributed by atoms with Crippen LogP contribution in [0.15, 0.2) is 0 Å². The van der Waals surface area contributed by atoms with Crippen molar-refractivity contribution in [3.05, 3.63) is 0 Å². The van der Waals surface area contributed by atoms with Crippen LogP contribution in [0.4, 0.5) is 0 Å². The van der Waals surface area contributed by atoms with Gasteiger partial charge in [0.25, 0.3) is 0 Å². The zero-order valence-corrected chi connectivity index (χ0v) is 11.5. The van der Waals surface area contributed by atoms with Crippen LogP contribution in [0, 0.1) is 5.41 Å². The fraction of sp³-hybridized carbons (Fsp3) is 1.00. The van der Waals surface area contributed by atoms with Crippen LogP contribution in [0.2, 0.25) is 0 Å². The zero-order chi connectivity index (χ0) is 12.5. The van der Waals surface area contributed by atoms with Gasteiger partial charge in [-0.3, -0.25) is 0 Å². The standard InChI is InChI=1S/C14H27NO2/c1-14(2)7-6-11(16)9-13(14)15(3)10-12-5-4-8-17-12/h11-13,16H,4-10H2,1-3H3. The van der Waals surface area contributed by atoms with Gasteiger partial charge in [0.15, 0.2) is 0 Å². The number of ether oxygens (including phenoxy) is 1. The van der Waals surface area contributed by atoms with Gasteiger partial charge in [-0.15, -0.1) is 0 Å². The summed E-state index contributed by atoms with van der Waals surface area (Å²) < 4.78 is 5.71. The van der Waals surface area contributed by atoms with Gasteiger partial charge in [0.1, 0.15) is 0 Å². The van der Waals surface area contributed by atoms with Gasteiger partial charge in [-0.2, -0.15) is 0 Å². The number of likely N-dealkylation sites (N-methyl/N-ethyl adjacent to an activating group) is 1. The van der Waals surface area contributed by atoms with E-state index in [1.54, 1.807) is 0 Å². The van der Waals surface area contributed by atoms with Crippen LogP contribution in [0.3, 0.4) is 0 Å². The van der Waals surface area contributed by atoms with E-state index in [0.717, 1.165) is 32.4 Å². The Morgan fingerprint density at radius 2 is 2.12 bits per heavy atom. The minimum atomic E-state index is -0.111. The maximum absolute atomic E-state index is 9.86. The van der Waals surface area contributed by atoms with Crippen molar-refractivity contribution >= 4 is 0 Å². The Hall–Kier alpha value is -0.120. The zero-order valence-electron chi connectivity index (χ0n) is 11.5. The molecule has 0 aromatic rings. The van der Waals surface area contributed by atoms with E-state index in [1.165, 1.54) is 12.8 Å². The van der Waals surface area contributed by atoms with E-state index in [1.807, 2.05) is 0 Å². The van der Waals surface area contributed by atoms with Gasteiger partial charge < -0.3 is 14.7 Å². The Balaban J connectivity index is 1.93. The first-order valence-corrected chi connectivity index (χ1v) is 6.99. The fourth-order valence-electron chi connectivity index (χ4n) is 3.41. The van der Waals surface area contributed by atoms with E-state index >= 15 is 0 Å². The molecule has 1 heterocycles. The molecule has 0 bridgehead atoms. The lowest BCUT2D eigenvalue weighted by Gasteiger charge is -2.46. The molecule has 2 rings (SSSR count). The molecule has 0 aromatic heterocycles. The smallest absolute Gasteiger partial charge is 0.0702 e. The van der Waals surface area contributed by atoms with Crippen LogP contribution in [-0.4, -0.2) is 48.5 Å². The normalized spacial score (nSPS) is 37.6. The van der Waals surface area contributed by atoms with E-state index in [9.17, 15) is 5.11 Å². The highest BCUT2D eigenvalue weighted by Gasteiger charge is 2.38. The lowest BCUT2D eigenvalue weighted by atomic mass is 9.71. The average Bonchev–Trinajstić information content (AvgIpc) is 2.74. The van der Waals surface area contributed by atoms with Crippen molar-refractivity contribution in [2.24, 2.45) is 5.41 Å². The summed E-state index contributed by atoms with van der Waals surface area (Å²) in [5.74, 6) is 0. The molecule has 1 saturated carbocycles. The molecule has 3 heteroatoms. The van der Waals surface area contributed by atoms with E-state index in [-0.39, 0.29) is 6.10 Å². The highest BCUT2D eigenvalue weighted by molar-refractivity contribution is 4.92. The highest BCUT2D eigenvalue weighted by Crippen LogP contribution is 2.38. The summed E-state index contributed by atoms with van der Waals surface area (Å²) in [6.45, 7) is 6.60. The SMILES string of the molecule is CN(CC1CCCO1)C1CC(O)CCC1(C)C. The maximum Gasteiger partial charge on any atom is 0.0702 e. The van der Waals surface area contributed by atoms with E-state index < -0.39 is 0 Å². The van der Waals surface area contributed by atoms with Crippen molar-refractivity contribution in [1.29, 1.82) is 0 Å². The number of nitrogens with zero attached hydrogens (tertiary/aromatic N) is 1. The molecule has 2 fully saturated rings. The van der Waals surface area contributed by atoms with Gasteiger partial charge in [0.2, 0.25) is 0 Å². The predicted octanol–water partition coefficient (Wildman–Crippen LogP) is 2.04. The first kappa shape index (κ1) is 13.3. The molecule has 0 amide bonds. The molecule has 1 aliphatic carbocycles. The minimum absolute atomic E-state index is 0.111. The second-order valence-corrected chi connectivity index (χ2v) is 6.51. The number of aliphatic hydroxyl groups is 1. The molecule has 0 radical (unpaired) electrons. The second kappa shape index (κ2) is 5.25. The predicted molar refractivity (Wildman–Crippen MR) is 69.0 cm³/mol. The van der Waals surface area contributed by atoms with Crippen LogP contribution in [0.5, 0.6) is 0 Å². The van der Waals surface area contributed by atoms with E-state index in [4.69, 9.17) is 4.74 Å². The van der Waals surface area contributed by atoms with E-state index in [2.05, 4.69) is 25.8 Å². The van der Waals surface area contributed by atoms with Crippen molar-refractivity contribution in [3.8, 4) is 0 Å².